The maximum absolute atomic E-state index is 12.8. The van der Waals surface area contributed by atoms with Gasteiger partial charge in [-0.3, -0.25) is 9.52 Å². The van der Waals surface area contributed by atoms with Gasteiger partial charge in [0.1, 0.15) is 11.5 Å². The molecule has 0 spiro atoms. The van der Waals surface area contributed by atoms with E-state index in [1.807, 2.05) is 0 Å². The number of hydrogen-bond acceptors (Lipinski definition) is 5. The maximum atomic E-state index is 12.8. The molecule has 1 aliphatic heterocycles. The zero-order valence-corrected chi connectivity index (χ0v) is 17.1. The van der Waals surface area contributed by atoms with E-state index in [0.717, 1.165) is 12.8 Å². The summed E-state index contributed by atoms with van der Waals surface area (Å²) in [5.74, 6) is 0.641. The molecule has 7 nitrogen and oxygen atoms in total. The number of rotatable bonds is 6. The maximum Gasteiger partial charge on any atom is 0.262 e. The third-order valence-corrected chi connectivity index (χ3v) is 6.18. The van der Waals surface area contributed by atoms with Crippen molar-refractivity contribution in [1.29, 1.82) is 0 Å². The number of piperidine rings is 1. The number of anilines is 2. The van der Waals surface area contributed by atoms with E-state index in [9.17, 15) is 13.2 Å². The molecule has 0 aromatic heterocycles. The van der Waals surface area contributed by atoms with Gasteiger partial charge in [0.25, 0.3) is 10.0 Å². The Morgan fingerprint density at radius 1 is 1.04 bits per heavy atom. The van der Waals surface area contributed by atoms with Gasteiger partial charge in [-0.05, 0) is 37.1 Å². The van der Waals surface area contributed by atoms with E-state index in [2.05, 4.69) is 4.72 Å². The predicted molar refractivity (Wildman–Crippen MR) is 108 cm³/mol. The molecule has 0 saturated carbocycles. The van der Waals surface area contributed by atoms with E-state index in [1.165, 1.54) is 38.5 Å². The highest BCUT2D eigenvalue weighted by Crippen LogP contribution is 2.37. The monoisotopic (exact) mass is 424 g/mol. The lowest BCUT2D eigenvalue weighted by atomic mass is 10.1. The molecule has 3 rings (SSSR count). The van der Waals surface area contributed by atoms with Crippen LogP contribution in [0.1, 0.15) is 19.3 Å². The molecule has 1 saturated heterocycles. The first-order valence-electron chi connectivity index (χ1n) is 8.70. The van der Waals surface area contributed by atoms with Crippen molar-refractivity contribution in [2.75, 3.05) is 30.4 Å². The van der Waals surface area contributed by atoms with Gasteiger partial charge in [0.2, 0.25) is 5.91 Å². The first-order valence-corrected chi connectivity index (χ1v) is 10.6. The van der Waals surface area contributed by atoms with Crippen LogP contribution in [0.25, 0.3) is 0 Å². The molecule has 0 radical (unpaired) electrons. The minimum absolute atomic E-state index is 0.0537. The number of carbonyl (C=O) groups is 1. The molecule has 1 amide bonds. The van der Waals surface area contributed by atoms with Crippen molar-refractivity contribution in [2.24, 2.45) is 0 Å². The number of halogens is 1. The minimum atomic E-state index is -3.88. The van der Waals surface area contributed by atoms with Gasteiger partial charge in [-0.1, -0.05) is 11.6 Å². The van der Waals surface area contributed by atoms with Gasteiger partial charge >= 0.3 is 0 Å². The third kappa shape index (κ3) is 4.18. The van der Waals surface area contributed by atoms with Crippen molar-refractivity contribution < 1.29 is 22.7 Å². The molecule has 9 heteroatoms. The second-order valence-corrected chi connectivity index (χ2v) is 8.38. The smallest absolute Gasteiger partial charge is 0.262 e. The number of ether oxygens (including phenoxy) is 2. The van der Waals surface area contributed by atoms with Crippen molar-refractivity contribution in [3.8, 4) is 11.5 Å². The van der Waals surface area contributed by atoms with E-state index in [4.69, 9.17) is 21.1 Å². The van der Waals surface area contributed by atoms with Crippen molar-refractivity contribution in [3.05, 3.63) is 41.4 Å². The summed E-state index contributed by atoms with van der Waals surface area (Å²) in [6.45, 7) is 0.644. The largest absolute Gasteiger partial charge is 0.495 e. The Labute approximate surface area is 169 Å². The fourth-order valence-electron chi connectivity index (χ4n) is 3.03. The summed E-state index contributed by atoms with van der Waals surface area (Å²) >= 11 is 6.06. The van der Waals surface area contributed by atoms with E-state index >= 15 is 0 Å². The number of amides is 1. The third-order valence-electron chi connectivity index (χ3n) is 4.50. The second kappa shape index (κ2) is 8.28. The molecule has 1 fully saturated rings. The van der Waals surface area contributed by atoms with Crippen molar-refractivity contribution in [2.45, 2.75) is 24.2 Å². The lowest BCUT2D eigenvalue weighted by molar-refractivity contribution is -0.119. The van der Waals surface area contributed by atoms with Gasteiger partial charge in [-0.2, -0.15) is 0 Å². The Morgan fingerprint density at radius 2 is 1.71 bits per heavy atom. The zero-order valence-electron chi connectivity index (χ0n) is 15.6. The van der Waals surface area contributed by atoms with Gasteiger partial charge in [-0.25, -0.2) is 8.42 Å². The average Bonchev–Trinajstić information content (AvgIpc) is 2.69. The highest BCUT2D eigenvalue weighted by atomic mass is 35.5. The molecule has 0 unspecified atom stereocenters. The lowest BCUT2D eigenvalue weighted by Crippen LogP contribution is -2.35. The molecule has 2 aromatic carbocycles. The number of nitrogens with one attached hydrogen (secondary N) is 1. The molecule has 0 atom stereocenters. The van der Waals surface area contributed by atoms with Crippen LogP contribution >= 0.6 is 11.6 Å². The summed E-state index contributed by atoms with van der Waals surface area (Å²) in [6.07, 6.45) is 2.34. The topological polar surface area (TPSA) is 84.9 Å². The molecule has 0 bridgehead atoms. The molecule has 0 aliphatic carbocycles. The van der Waals surface area contributed by atoms with Crippen molar-refractivity contribution in [1.82, 2.24) is 0 Å². The Morgan fingerprint density at radius 3 is 2.32 bits per heavy atom. The molecule has 2 aromatic rings. The normalized spacial score (nSPS) is 14.7. The minimum Gasteiger partial charge on any atom is -0.495 e. The number of hydrogen-bond donors (Lipinski definition) is 1. The molecular formula is C19H21ClN2O5S. The summed E-state index contributed by atoms with van der Waals surface area (Å²) in [7, 11) is -1.02. The highest BCUT2D eigenvalue weighted by Gasteiger charge is 2.22. The molecular weight excluding hydrogens is 404 g/mol. The fourth-order valence-corrected chi connectivity index (χ4v) is 4.32. The SMILES string of the molecule is COc1cc(NS(=O)(=O)c2ccc(N3CCCCC3=O)cc2)c(OC)cc1Cl. The van der Waals surface area contributed by atoms with Gasteiger partial charge in [0.05, 0.1) is 29.8 Å². The predicted octanol–water partition coefficient (Wildman–Crippen LogP) is 3.67. The van der Waals surface area contributed by atoms with E-state index in [1.54, 1.807) is 17.0 Å². The Bertz CT molecular complexity index is 977. The zero-order chi connectivity index (χ0) is 20.3. The van der Waals surface area contributed by atoms with E-state index < -0.39 is 10.0 Å². The summed E-state index contributed by atoms with van der Waals surface area (Å²) in [5.41, 5.74) is 0.897. The first kappa shape index (κ1) is 20.3. The van der Waals surface area contributed by atoms with Crippen LogP contribution < -0.4 is 19.1 Å². The van der Waals surface area contributed by atoms with Crippen molar-refractivity contribution >= 4 is 38.9 Å². The number of methoxy groups -OCH3 is 2. The first-order chi connectivity index (χ1) is 13.4. The van der Waals surface area contributed by atoms with Crippen LogP contribution in [0.5, 0.6) is 11.5 Å². The Hall–Kier alpha value is -2.45. The summed E-state index contributed by atoms with van der Waals surface area (Å²) < 4.78 is 38.4. The van der Waals surface area contributed by atoms with Gasteiger partial charge in [0, 0.05) is 30.8 Å². The molecule has 1 heterocycles. The molecule has 28 heavy (non-hydrogen) atoms. The summed E-state index contributed by atoms with van der Waals surface area (Å²) in [4.78, 5) is 13.8. The number of carbonyl (C=O) groups excluding carboxylic acids is 1. The van der Waals surface area contributed by atoms with Crippen LogP contribution in [0.15, 0.2) is 41.3 Å². The number of benzene rings is 2. The van der Waals surface area contributed by atoms with Gasteiger partial charge < -0.3 is 14.4 Å². The summed E-state index contributed by atoms with van der Waals surface area (Å²) in [5, 5.41) is 0.304. The Kier molecular flexibility index (Phi) is 6.00. The summed E-state index contributed by atoms with van der Waals surface area (Å²) in [6, 6.07) is 9.15. The van der Waals surface area contributed by atoms with Crippen LogP contribution in [0.3, 0.4) is 0 Å². The highest BCUT2D eigenvalue weighted by molar-refractivity contribution is 7.92. The standard InChI is InChI=1S/C19H21ClN2O5S/c1-26-17-12-16(18(27-2)11-15(17)20)21-28(24,25)14-8-6-13(7-9-14)22-10-4-3-5-19(22)23/h6-9,11-12,21H,3-5,10H2,1-2H3. The van der Waals surface area contributed by atoms with Crippen LogP contribution in [0, 0.1) is 0 Å². The van der Waals surface area contributed by atoms with Crippen LogP contribution in [0.2, 0.25) is 5.02 Å². The second-order valence-electron chi connectivity index (χ2n) is 6.29. The van der Waals surface area contributed by atoms with Crippen LogP contribution in [0.4, 0.5) is 11.4 Å². The number of nitrogens with zero attached hydrogens (tertiary/aromatic N) is 1. The van der Waals surface area contributed by atoms with Crippen LogP contribution in [-0.4, -0.2) is 35.1 Å². The molecule has 1 N–H and O–H groups in total. The van der Waals surface area contributed by atoms with Gasteiger partial charge in [-0.15, -0.1) is 0 Å². The van der Waals surface area contributed by atoms with Crippen LogP contribution in [-0.2, 0) is 14.8 Å². The molecule has 1 aliphatic rings. The quantitative estimate of drug-likeness (QED) is 0.764. The fraction of sp³-hybridized carbons (Fsp3) is 0.316. The van der Waals surface area contributed by atoms with E-state index in [0.29, 0.717) is 29.4 Å². The average molecular weight is 425 g/mol. The lowest BCUT2D eigenvalue weighted by Gasteiger charge is -2.26. The number of sulfonamides is 1. The van der Waals surface area contributed by atoms with Crippen molar-refractivity contribution in [3.63, 3.8) is 0 Å². The molecule has 150 valence electrons. The van der Waals surface area contributed by atoms with Gasteiger partial charge in [0.15, 0.2) is 0 Å². The Balaban J connectivity index is 1.86. The van der Waals surface area contributed by atoms with E-state index in [-0.39, 0.29) is 22.2 Å².